The van der Waals surface area contributed by atoms with E-state index in [-0.39, 0.29) is 12.5 Å². The molecule has 0 saturated heterocycles. The number of hydrogen-bond donors (Lipinski definition) is 1. The molecule has 0 aromatic carbocycles. The molecule has 1 aromatic heterocycles. The van der Waals surface area contributed by atoms with Gasteiger partial charge >= 0.3 is 0 Å². The first-order chi connectivity index (χ1) is 7.47. The highest BCUT2D eigenvalue weighted by molar-refractivity contribution is 9.10. The zero-order chi connectivity index (χ0) is 12.3. The van der Waals surface area contributed by atoms with E-state index in [1.165, 1.54) is 0 Å². The Balaban J connectivity index is 3.23. The molecule has 0 fully saturated rings. The molecule has 1 atom stereocenters. The summed E-state index contributed by atoms with van der Waals surface area (Å²) in [4.78, 5) is 0. The Bertz CT molecular complexity index is 351. The molecule has 2 N–H and O–H groups in total. The van der Waals surface area contributed by atoms with Crippen molar-refractivity contribution in [2.75, 3.05) is 6.54 Å². The monoisotopic (exact) mass is 291 g/mol. The highest BCUT2D eigenvalue weighted by atomic mass is 79.9. The first-order valence-electron chi connectivity index (χ1n) is 5.58. The van der Waals surface area contributed by atoms with Gasteiger partial charge in [-0.05, 0) is 28.3 Å². The van der Waals surface area contributed by atoms with Crippen LogP contribution in [0, 0.1) is 5.92 Å². The molecular weight excluding hydrogens is 273 g/mol. The summed E-state index contributed by atoms with van der Waals surface area (Å²) in [6.45, 7) is 6.39. The minimum atomic E-state index is -1.52. The van der Waals surface area contributed by atoms with Crippen molar-refractivity contribution in [1.82, 2.24) is 9.78 Å². The van der Waals surface area contributed by atoms with Gasteiger partial charge in [0, 0.05) is 13.1 Å². The third kappa shape index (κ3) is 2.30. The van der Waals surface area contributed by atoms with Gasteiger partial charge in [0.15, 0.2) is 5.67 Å². The van der Waals surface area contributed by atoms with Crippen LogP contribution in [-0.4, -0.2) is 16.3 Å². The molecule has 1 aromatic rings. The van der Waals surface area contributed by atoms with Gasteiger partial charge in [-0.25, -0.2) is 4.39 Å². The van der Waals surface area contributed by atoms with Crippen molar-refractivity contribution in [2.24, 2.45) is 11.7 Å². The van der Waals surface area contributed by atoms with Crippen molar-refractivity contribution >= 4 is 15.9 Å². The average molecular weight is 292 g/mol. The number of nitrogens with two attached hydrogens (primary N) is 1. The molecule has 1 rings (SSSR count). The van der Waals surface area contributed by atoms with Crippen LogP contribution in [0.2, 0.25) is 0 Å². The van der Waals surface area contributed by atoms with Crippen LogP contribution in [-0.2, 0) is 12.2 Å². The van der Waals surface area contributed by atoms with Crippen LogP contribution >= 0.6 is 15.9 Å². The van der Waals surface area contributed by atoms with Crippen molar-refractivity contribution in [3.05, 3.63) is 16.4 Å². The molecule has 0 saturated carbocycles. The average Bonchev–Trinajstić information content (AvgIpc) is 2.59. The normalized spacial score (nSPS) is 15.4. The van der Waals surface area contributed by atoms with Crippen molar-refractivity contribution in [3.63, 3.8) is 0 Å². The summed E-state index contributed by atoms with van der Waals surface area (Å²) in [7, 11) is 0. The Labute approximate surface area is 104 Å². The van der Waals surface area contributed by atoms with Gasteiger partial charge in [-0.15, -0.1) is 0 Å². The summed E-state index contributed by atoms with van der Waals surface area (Å²) in [5.41, 5.74) is 4.63. The smallest absolute Gasteiger partial charge is 0.167 e. The first kappa shape index (κ1) is 13.6. The van der Waals surface area contributed by atoms with E-state index in [1.807, 2.05) is 20.8 Å². The minimum Gasteiger partial charge on any atom is -0.327 e. The molecule has 3 nitrogen and oxygen atoms in total. The quantitative estimate of drug-likeness (QED) is 0.907. The molecule has 1 unspecified atom stereocenters. The molecule has 0 radical (unpaired) electrons. The summed E-state index contributed by atoms with van der Waals surface area (Å²) in [5.74, 6) is -0.180. The van der Waals surface area contributed by atoms with Gasteiger partial charge < -0.3 is 5.73 Å². The van der Waals surface area contributed by atoms with Gasteiger partial charge in [0.1, 0.15) is 0 Å². The summed E-state index contributed by atoms with van der Waals surface area (Å²) < 4.78 is 17.2. The van der Waals surface area contributed by atoms with Crippen LogP contribution in [0.4, 0.5) is 4.39 Å². The Hall–Kier alpha value is -0.420. The summed E-state index contributed by atoms with van der Waals surface area (Å²) in [6.07, 6.45) is 2.55. The summed E-state index contributed by atoms with van der Waals surface area (Å²) >= 11 is 3.35. The molecule has 0 bridgehead atoms. The second kappa shape index (κ2) is 5.27. The predicted octanol–water partition coefficient (Wildman–Crippen LogP) is 2.84. The first-order valence-corrected chi connectivity index (χ1v) is 6.37. The lowest BCUT2D eigenvalue weighted by atomic mass is 9.89. The number of aryl methyl sites for hydroxylation is 1. The largest absolute Gasteiger partial charge is 0.327 e. The van der Waals surface area contributed by atoms with Gasteiger partial charge in [0.2, 0.25) is 0 Å². The highest BCUT2D eigenvalue weighted by Crippen LogP contribution is 2.37. The van der Waals surface area contributed by atoms with Crippen molar-refractivity contribution in [2.45, 2.75) is 39.4 Å². The molecule has 92 valence electrons. The van der Waals surface area contributed by atoms with Gasteiger partial charge in [0.25, 0.3) is 0 Å². The zero-order valence-electron chi connectivity index (χ0n) is 10.0. The van der Waals surface area contributed by atoms with Crippen LogP contribution < -0.4 is 5.73 Å². The standard InChI is InChI=1S/C11H19BrFN3/c1-4-5-16-10(9(12)6-15-16)11(13,7-14)8(2)3/h6,8H,4-5,7,14H2,1-3H3. The predicted molar refractivity (Wildman–Crippen MR) is 66.9 cm³/mol. The summed E-state index contributed by atoms with van der Waals surface area (Å²) in [6, 6.07) is 0. The number of hydrogen-bond acceptors (Lipinski definition) is 2. The molecule has 0 aliphatic rings. The molecular formula is C11H19BrFN3. The van der Waals surface area contributed by atoms with E-state index < -0.39 is 5.67 Å². The van der Waals surface area contributed by atoms with E-state index >= 15 is 0 Å². The van der Waals surface area contributed by atoms with E-state index in [2.05, 4.69) is 21.0 Å². The number of aromatic nitrogens is 2. The van der Waals surface area contributed by atoms with Crippen molar-refractivity contribution < 1.29 is 4.39 Å². The fourth-order valence-electron chi connectivity index (χ4n) is 1.76. The van der Waals surface area contributed by atoms with Gasteiger partial charge in [-0.3, -0.25) is 4.68 Å². The lowest BCUT2D eigenvalue weighted by Gasteiger charge is -2.29. The molecule has 0 spiro atoms. The fraction of sp³-hybridized carbons (Fsp3) is 0.727. The van der Waals surface area contributed by atoms with Crippen molar-refractivity contribution in [3.8, 4) is 0 Å². The third-order valence-electron chi connectivity index (χ3n) is 2.84. The van der Waals surface area contributed by atoms with Crippen LogP contribution in [0.3, 0.4) is 0 Å². The summed E-state index contributed by atoms with van der Waals surface area (Å²) in [5, 5.41) is 4.18. The molecule has 16 heavy (non-hydrogen) atoms. The molecule has 0 amide bonds. The van der Waals surface area contributed by atoms with Crippen LogP contribution in [0.15, 0.2) is 10.7 Å². The van der Waals surface area contributed by atoms with Crippen LogP contribution in [0.5, 0.6) is 0 Å². The van der Waals surface area contributed by atoms with Crippen LogP contribution in [0.1, 0.15) is 32.9 Å². The number of halogens is 2. The lowest BCUT2D eigenvalue weighted by molar-refractivity contribution is 0.0960. The second-order valence-electron chi connectivity index (χ2n) is 4.29. The third-order valence-corrected chi connectivity index (χ3v) is 3.42. The lowest BCUT2D eigenvalue weighted by Crippen LogP contribution is -2.38. The molecule has 1 heterocycles. The van der Waals surface area contributed by atoms with Crippen molar-refractivity contribution in [1.29, 1.82) is 0 Å². The van der Waals surface area contributed by atoms with E-state index in [1.54, 1.807) is 10.9 Å². The van der Waals surface area contributed by atoms with Gasteiger partial charge in [-0.1, -0.05) is 20.8 Å². The SMILES string of the molecule is CCCn1ncc(Br)c1C(F)(CN)C(C)C. The maximum atomic E-state index is 14.8. The van der Waals surface area contributed by atoms with E-state index in [4.69, 9.17) is 5.73 Å². The fourth-order valence-corrected chi connectivity index (χ4v) is 2.39. The Morgan fingerprint density at radius 3 is 2.69 bits per heavy atom. The van der Waals surface area contributed by atoms with Crippen LogP contribution in [0.25, 0.3) is 0 Å². The van der Waals surface area contributed by atoms with E-state index in [0.717, 1.165) is 6.42 Å². The minimum absolute atomic E-state index is 0.0291. The highest BCUT2D eigenvalue weighted by Gasteiger charge is 2.39. The molecule has 0 aliphatic heterocycles. The Kier molecular flexibility index (Phi) is 4.50. The van der Waals surface area contributed by atoms with E-state index in [0.29, 0.717) is 16.7 Å². The topological polar surface area (TPSA) is 43.8 Å². The maximum Gasteiger partial charge on any atom is 0.167 e. The zero-order valence-corrected chi connectivity index (χ0v) is 11.6. The molecule has 0 aliphatic carbocycles. The van der Waals surface area contributed by atoms with Gasteiger partial charge in [0.05, 0.1) is 16.4 Å². The van der Waals surface area contributed by atoms with Gasteiger partial charge in [-0.2, -0.15) is 5.10 Å². The Morgan fingerprint density at radius 1 is 1.62 bits per heavy atom. The maximum absolute atomic E-state index is 14.8. The second-order valence-corrected chi connectivity index (χ2v) is 5.14. The Morgan fingerprint density at radius 2 is 2.25 bits per heavy atom. The molecule has 5 heteroatoms. The van der Waals surface area contributed by atoms with E-state index in [9.17, 15) is 4.39 Å². The number of alkyl halides is 1. The number of rotatable bonds is 5. The number of nitrogens with zero attached hydrogens (tertiary/aromatic N) is 2.